The maximum Gasteiger partial charge on any atom is 0.254 e. The van der Waals surface area contributed by atoms with E-state index < -0.39 is 0 Å². The van der Waals surface area contributed by atoms with Crippen molar-refractivity contribution in [2.24, 2.45) is 0 Å². The van der Waals surface area contributed by atoms with E-state index in [-0.39, 0.29) is 24.3 Å². The highest BCUT2D eigenvalue weighted by Crippen LogP contribution is 2.23. The predicted molar refractivity (Wildman–Crippen MR) is 142 cm³/mol. The number of amides is 3. The monoisotopic (exact) mass is 504 g/mol. The minimum absolute atomic E-state index is 0.0128. The van der Waals surface area contributed by atoms with Crippen molar-refractivity contribution in [2.75, 3.05) is 63.9 Å². The summed E-state index contributed by atoms with van der Waals surface area (Å²) in [5.41, 5.74) is 1.90. The van der Waals surface area contributed by atoms with E-state index in [0.29, 0.717) is 30.8 Å². The van der Waals surface area contributed by atoms with Crippen molar-refractivity contribution >= 4 is 23.4 Å². The molecule has 0 radical (unpaired) electrons. The molecule has 3 fully saturated rings. The second-order valence-corrected chi connectivity index (χ2v) is 10.1. The van der Waals surface area contributed by atoms with E-state index in [1.54, 1.807) is 34.1 Å². The van der Waals surface area contributed by atoms with Crippen molar-refractivity contribution < 1.29 is 19.1 Å². The number of anilines is 1. The molecule has 3 saturated heterocycles. The van der Waals surface area contributed by atoms with Gasteiger partial charge in [-0.1, -0.05) is 0 Å². The SMILES string of the molecule is O=C(c1ccc(C(=O)N2CCN(c3ccc(OCCCN4CCCC4)cc3)C(=O)C2)cc1)N1CCCC1. The highest BCUT2D eigenvalue weighted by molar-refractivity contribution is 6.02. The van der Waals surface area contributed by atoms with Crippen LogP contribution < -0.4 is 9.64 Å². The minimum Gasteiger partial charge on any atom is -0.494 e. The van der Waals surface area contributed by atoms with Crippen LogP contribution in [0.3, 0.4) is 0 Å². The first-order valence-corrected chi connectivity index (χ1v) is 13.5. The third-order valence-electron chi connectivity index (χ3n) is 7.51. The predicted octanol–water partition coefficient (Wildman–Crippen LogP) is 3.28. The summed E-state index contributed by atoms with van der Waals surface area (Å²) < 4.78 is 5.88. The molecular weight excluding hydrogens is 468 g/mol. The number of benzene rings is 2. The van der Waals surface area contributed by atoms with Crippen molar-refractivity contribution in [1.82, 2.24) is 14.7 Å². The zero-order valence-corrected chi connectivity index (χ0v) is 21.4. The Bertz CT molecular complexity index is 1090. The Morgan fingerprint density at radius 1 is 0.703 bits per heavy atom. The molecule has 3 aliphatic heterocycles. The van der Waals surface area contributed by atoms with Crippen LogP contribution in [0.15, 0.2) is 48.5 Å². The third-order valence-corrected chi connectivity index (χ3v) is 7.51. The first-order valence-electron chi connectivity index (χ1n) is 13.5. The lowest BCUT2D eigenvalue weighted by molar-refractivity contribution is -0.120. The van der Waals surface area contributed by atoms with Gasteiger partial charge in [0.15, 0.2) is 0 Å². The standard InChI is InChI=1S/C29H36N4O4/c34-27-22-32(29(36)24-8-6-23(7-9-24)28(35)31-17-3-4-18-31)19-20-33(27)25-10-12-26(13-11-25)37-21-5-16-30-14-1-2-15-30/h6-13H,1-5,14-22H2. The highest BCUT2D eigenvalue weighted by Gasteiger charge is 2.29. The minimum atomic E-state index is -0.189. The van der Waals surface area contributed by atoms with Gasteiger partial charge in [-0.3, -0.25) is 14.4 Å². The number of nitrogens with zero attached hydrogens (tertiary/aromatic N) is 4. The quantitative estimate of drug-likeness (QED) is 0.516. The summed E-state index contributed by atoms with van der Waals surface area (Å²) in [5, 5.41) is 0. The van der Waals surface area contributed by atoms with Crippen LogP contribution in [0, 0.1) is 0 Å². The van der Waals surface area contributed by atoms with Crippen molar-refractivity contribution in [2.45, 2.75) is 32.1 Å². The molecule has 3 amide bonds. The van der Waals surface area contributed by atoms with Crippen LogP contribution in [0.1, 0.15) is 52.8 Å². The molecule has 0 N–H and O–H groups in total. The average Bonchev–Trinajstić information content (AvgIpc) is 3.66. The van der Waals surface area contributed by atoms with Crippen LogP contribution in [-0.4, -0.2) is 91.4 Å². The number of piperazine rings is 1. The number of hydrogen-bond donors (Lipinski definition) is 0. The zero-order valence-electron chi connectivity index (χ0n) is 21.4. The van der Waals surface area contributed by atoms with Gasteiger partial charge in [0, 0.05) is 49.5 Å². The first kappa shape index (κ1) is 25.3. The number of likely N-dealkylation sites (tertiary alicyclic amines) is 2. The molecule has 3 heterocycles. The van der Waals surface area contributed by atoms with Crippen LogP contribution >= 0.6 is 0 Å². The summed E-state index contributed by atoms with van der Waals surface area (Å²) >= 11 is 0. The topological polar surface area (TPSA) is 73.4 Å². The molecular formula is C29H36N4O4. The van der Waals surface area contributed by atoms with Gasteiger partial charge in [0.05, 0.1) is 6.61 Å². The molecule has 0 bridgehead atoms. The van der Waals surface area contributed by atoms with Gasteiger partial charge in [0.2, 0.25) is 5.91 Å². The van der Waals surface area contributed by atoms with Crippen molar-refractivity contribution in [3.63, 3.8) is 0 Å². The number of carbonyl (C=O) groups is 3. The highest BCUT2D eigenvalue weighted by atomic mass is 16.5. The number of ether oxygens (including phenoxy) is 1. The molecule has 5 rings (SSSR count). The van der Waals surface area contributed by atoms with Gasteiger partial charge in [0.25, 0.3) is 11.8 Å². The maximum absolute atomic E-state index is 13.0. The van der Waals surface area contributed by atoms with E-state index >= 15 is 0 Å². The molecule has 0 atom stereocenters. The smallest absolute Gasteiger partial charge is 0.254 e. The molecule has 8 nitrogen and oxygen atoms in total. The Morgan fingerprint density at radius 3 is 1.92 bits per heavy atom. The van der Waals surface area contributed by atoms with Gasteiger partial charge in [-0.2, -0.15) is 0 Å². The normalized spacial score (nSPS) is 18.5. The van der Waals surface area contributed by atoms with Crippen LogP contribution in [-0.2, 0) is 4.79 Å². The summed E-state index contributed by atoms with van der Waals surface area (Å²) in [6.45, 7) is 6.67. The fraction of sp³-hybridized carbons (Fsp3) is 0.483. The maximum atomic E-state index is 13.0. The van der Waals surface area contributed by atoms with Crippen LogP contribution in [0.4, 0.5) is 5.69 Å². The molecule has 37 heavy (non-hydrogen) atoms. The summed E-state index contributed by atoms with van der Waals surface area (Å²) in [5.74, 6) is 0.516. The van der Waals surface area contributed by atoms with E-state index in [4.69, 9.17) is 4.74 Å². The Kier molecular flexibility index (Phi) is 8.04. The van der Waals surface area contributed by atoms with Crippen molar-refractivity contribution in [3.05, 3.63) is 59.7 Å². The summed E-state index contributed by atoms with van der Waals surface area (Å²) in [7, 11) is 0. The number of carbonyl (C=O) groups excluding carboxylic acids is 3. The second kappa shape index (κ2) is 11.8. The Labute approximate surface area is 218 Å². The molecule has 0 aliphatic carbocycles. The van der Waals surface area contributed by atoms with Crippen LogP contribution in [0.2, 0.25) is 0 Å². The average molecular weight is 505 g/mol. The largest absolute Gasteiger partial charge is 0.494 e. The number of hydrogen-bond acceptors (Lipinski definition) is 5. The lowest BCUT2D eigenvalue weighted by Gasteiger charge is -2.34. The van der Waals surface area contributed by atoms with Gasteiger partial charge in [-0.15, -0.1) is 0 Å². The van der Waals surface area contributed by atoms with Gasteiger partial charge >= 0.3 is 0 Å². The molecule has 8 heteroatoms. The molecule has 0 unspecified atom stereocenters. The molecule has 0 saturated carbocycles. The van der Waals surface area contributed by atoms with Gasteiger partial charge in [-0.05, 0) is 93.7 Å². The lowest BCUT2D eigenvalue weighted by atomic mass is 10.1. The van der Waals surface area contributed by atoms with E-state index in [2.05, 4.69) is 4.90 Å². The zero-order chi connectivity index (χ0) is 25.6. The summed E-state index contributed by atoms with van der Waals surface area (Å²) in [4.78, 5) is 46.1. The van der Waals surface area contributed by atoms with E-state index in [1.807, 2.05) is 29.2 Å². The Morgan fingerprint density at radius 2 is 1.30 bits per heavy atom. The summed E-state index contributed by atoms with van der Waals surface area (Å²) in [6, 6.07) is 14.4. The fourth-order valence-electron chi connectivity index (χ4n) is 5.37. The molecule has 2 aromatic rings. The second-order valence-electron chi connectivity index (χ2n) is 10.1. The van der Waals surface area contributed by atoms with E-state index in [9.17, 15) is 14.4 Å². The molecule has 0 spiro atoms. The number of rotatable bonds is 8. The fourth-order valence-corrected chi connectivity index (χ4v) is 5.37. The van der Waals surface area contributed by atoms with Gasteiger partial charge in [0.1, 0.15) is 12.3 Å². The van der Waals surface area contributed by atoms with E-state index in [1.165, 1.54) is 25.9 Å². The molecule has 2 aromatic carbocycles. The van der Waals surface area contributed by atoms with Crippen LogP contribution in [0.25, 0.3) is 0 Å². The van der Waals surface area contributed by atoms with Gasteiger partial charge < -0.3 is 24.3 Å². The Balaban J connectivity index is 1.10. The lowest BCUT2D eigenvalue weighted by Crippen LogP contribution is -2.52. The summed E-state index contributed by atoms with van der Waals surface area (Å²) in [6.07, 6.45) is 5.70. The van der Waals surface area contributed by atoms with E-state index in [0.717, 1.165) is 50.3 Å². The molecule has 196 valence electrons. The van der Waals surface area contributed by atoms with Gasteiger partial charge in [-0.25, -0.2) is 0 Å². The molecule has 0 aromatic heterocycles. The molecule has 3 aliphatic rings. The third kappa shape index (κ3) is 6.13. The Hall–Kier alpha value is -3.39. The van der Waals surface area contributed by atoms with Crippen LogP contribution in [0.5, 0.6) is 5.75 Å². The van der Waals surface area contributed by atoms with Crippen molar-refractivity contribution in [3.8, 4) is 5.75 Å². The first-order chi connectivity index (χ1) is 18.1. The van der Waals surface area contributed by atoms with Crippen molar-refractivity contribution in [1.29, 1.82) is 0 Å².